The predicted molar refractivity (Wildman–Crippen MR) is 138 cm³/mol. The van der Waals surface area contributed by atoms with Gasteiger partial charge in [0.2, 0.25) is 23.6 Å². The van der Waals surface area contributed by atoms with E-state index < -0.39 is 60.7 Å². The Morgan fingerprint density at radius 3 is 2.37 bits per heavy atom. The van der Waals surface area contributed by atoms with Crippen LogP contribution in [-0.4, -0.2) is 76.9 Å². The molecule has 0 fully saturated rings. The number of nitrogens with zero attached hydrogens (tertiary/aromatic N) is 1. The summed E-state index contributed by atoms with van der Waals surface area (Å²) >= 11 is 0. The highest BCUT2D eigenvalue weighted by Gasteiger charge is 2.27. The summed E-state index contributed by atoms with van der Waals surface area (Å²) in [5, 5.41) is 17.1. The van der Waals surface area contributed by atoms with Crippen molar-refractivity contribution in [3.8, 4) is 0 Å². The lowest BCUT2D eigenvalue weighted by atomic mass is 10.0. The number of para-hydroxylation sites is 1. The number of hydrogen-bond acceptors (Lipinski definition) is 7. The zero-order chi connectivity index (χ0) is 28.2. The zero-order valence-electron chi connectivity index (χ0n) is 20.6. The van der Waals surface area contributed by atoms with E-state index in [9.17, 15) is 24.0 Å². The number of hydrogen-bond donors (Lipinski definition) is 9. The molecular formula is C23H33N9O6. The van der Waals surface area contributed by atoms with Crippen molar-refractivity contribution in [2.24, 2.45) is 27.9 Å². The van der Waals surface area contributed by atoms with E-state index in [-0.39, 0.29) is 25.3 Å². The van der Waals surface area contributed by atoms with Crippen molar-refractivity contribution in [1.29, 1.82) is 0 Å². The molecule has 0 aliphatic rings. The molecule has 0 saturated heterocycles. The highest BCUT2D eigenvalue weighted by molar-refractivity contribution is 5.94. The third-order valence-electron chi connectivity index (χ3n) is 5.50. The van der Waals surface area contributed by atoms with Gasteiger partial charge in [-0.25, -0.2) is 4.79 Å². The van der Waals surface area contributed by atoms with Gasteiger partial charge < -0.3 is 49.0 Å². The number of benzene rings is 1. The molecule has 3 unspecified atom stereocenters. The highest BCUT2D eigenvalue weighted by atomic mass is 16.4. The number of carboxylic acid groups (broad SMARTS) is 1. The number of guanidine groups is 1. The van der Waals surface area contributed by atoms with Crippen molar-refractivity contribution >= 4 is 46.5 Å². The normalized spacial score (nSPS) is 13.1. The fourth-order valence-corrected chi connectivity index (χ4v) is 3.60. The van der Waals surface area contributed by atoms with Crippen LogP contribution in [0.1, 0.15) is 24.8 Å². The summed E-state index contributed by atoms with van der Waals surface area (Å²) in [6.07, 6.45) is 1.85. The summed E-state index contributed by atoms with van der Waals surface area (Å²) in [6.45, 7) is -0.322. The number of carboxylic acids is 1. The van der Waals surface area contributed by atoms with Crippen LogP contribution in [-0.2, 0) is 30.4 Å². The van der Waals surface area contributed by atoms with Crippen molar-refractivity contribution in [2.45, 2.75) is 43.8 Å². The quantitative estimate of drug-likeness (QED) is 0.0648. The van der Waals surface area contributed by atoms with E-state index in [1.165, 1.54) is 0 Å². The number of nitrogens with one attached hydrogen (secondary N) is 4. The first kappa shape index (κ1) is 29.6. The third-order valence-corrected chi connectivity index (χ3v) is 5.50. The first-order chi connectivity index (χ1) is 18.0. The third kappa shape index (κ3) is 9.42. The highest BCUT2D eigenvalue weighted by Crippen LogP contribution is 2.19. The Kier molecular flexibility index (Phi) is 11.0. The molecule has 2 rings (SSSR count). The second-order valence-electron chi connectivity index (χ2n) is 8.53. The fourth-order valence-electron chi connectivity index (χ4n) is 3.60. The van der Waals surface area contributed by atoms with Gasteiger partial charge in [0, 0.05) is 30.1 Å². The number of carbonyl (C=O) groups excluding carboxylic acids is 4. The number of primary amides is 1. The molecule has 38 heavy (non-hydrogen) atoms. The largest absolute Gasteiger partial charge is 0.480 e. The van der Waals surface area contributed by atoms with Gasteiger partial charge >= 0.3 is 5.97 Å². The number of rotatable bonds is 15. The van der Waals surface area contributed by atoms with Crippen LogP contribution in [0.2, 0.25) is 0 Å². The molecule has 206 valence electrons. The number of fused-ring (bicyclic) bond motifs is 1. The molecule has 13 N–H and O–H groups in total. The fraction of sp³-hybridized carbons (Fsp3) is 0.391. The molecule has 1 aromatic heterocycles. The zero-order valence-corrected chi connectivity index (χ0v) is 20.6. The van der Waals surface area contributed by atoms with Gasteiger partial charge in [-0.1, -0.05) is 18.2 Å². The van der Waals surface area contributed by atoms with E-state index in [0.717, 1.165) is 16.5 Å². The van der Waals surface area contributed by atoms with Crippen LogP contribution in [0, 0.1) is 0 Å². The standard InChI is InChI=1S/C23H33N9O6/c24-14(5-3-7-28-23(26)27)20(35)32-16(8-12-10-29-15-6-2-1-4-13(12)15)21(36)30-11-19(34)31-17(22(37)38)9-18(25)33/h1-2,4,6,10,14,16-17,29H,3,5,7-9,11,24H2,(H2,25,33)(H,30,36)(H,31,34)(H,32,35)(H,37,38)(H4,26,27,28). The lowest BCUT2D eigenvalue weighted by molar-refractivity contribution is -0.143. The number of aliphatic imine (C=N–C) groups is 1. The monoisotopic (exact) mass is 531 g/mol. The van der Waals surface area contributed by atoms with E-state index in [0.29, 0.717) is 6.42 Å². The Labute approximate surface area is 217 Å². The smallest absolute Gasteiger partial charge is 0.326 e. The Bertz CT molecular complexity index is 1190. The van der Waals surface area contributed by atoms with E-state index in [2.05, 4.69) is 25.9 Å². The van der Waals surface area contributed by atoms with Gasteiger partial charge in [0.15, 0.2) is 5.96 Å². The number of H-pyrrole nitrogens is 1. The van der Waals surface area contributed by atoms with Crippen LogP contribution in [0.3, 0.4) is 0 Å². The van der Waals surface area contributed by atoms with Crippen LogP contribution < -0.4 is 38.9 Å². The maximum absolute atomic E-state index is 13.0. The Hall–Kier alpha value is -4.66. The van der Waals surface area contributed by atoms with E-state index in [4.69, 9.17) is 28.0 Å². The molecule has 15 nitrogen and oxygen atoms in total. The number of carbonyl (C=O) groups is 5. The van der Waals surface area contributed by atoms with Crippen LogP contribution >= 0.6 is 0 Å². The molecule has 0 radical (unpaired) electrons. The Morgan fingerprint density at radius 2 is 1.71 bits per heavy atom. The minimum Gasteiger partial charge on any atom is -0.480 e. The molecule has 15 heteroatoms. The molecular weight excluding hydrogens is 498 g/mol. The number of aliphatic carboxylic acids is 1. The van der Waals surface area contributed by atoms with Crippen LogP contribution in [0.4, 0.5) is 0 Å². The Morgan fingerprint density at radius 1 is 1.00 bits per heavy atom. The molecule has 1 aromatic carbocycles. The summed E-state index contributed by atoms with van der Waals surface area (Å²) in [5.74, 6) is -4.60. The molecule has 1 heterocycles. The molecule has 0 aliphatic heterocycles. The predicted octanol–water partition coefficient (Wildman–Crippen LogP) is -2.86. The molecule has 0 saturated carbocycles. The van der Waals surface area contributed by atoms with Crippen molar-refractivity contribution in [2.75, 3.05) is 13.1 Å². The average Bonchev–Trinajstić information content (AvgIpc) is 3.26. The summed E-state index contributed by atoms with van der Waals surface area (Å²) in [5.41, 5.74) is 23.1. The van der Waals surface area contributed by atoms with Crippen molar-refractivity contribution in [1.82, 2.24) is 20.9 Å². The van der Waals surface area contributed by atoms with Crippen molar-refractivity contribution in [3.05, 3.63) is 36.0 Å². The second kappa shape index (κ2) is 14.2. The van der Waals surface area contributed by atoms with Crippen molar-refractivity contribution < 1.29 is 29.1 Å². The average molecular weight is 532 g/mol. The first-order valence-electron chi connectivity index (χ1n) is 11.7. The molecule has 4 amide bonds. The maximum Gasteiger partial charge on any atom is 0.326 e. The molecule has 2 aromatic rings. The maximum atomic E-state index is 13.0. The van der Waals surface area contributed by atoms with Gasteiger partial charge in [-0.3, -0.25) is 24.2 Å². The number of aromatic nitrogens is 1. The van der Waals surface area contributed by atoms with Gasteiger partial charge in [-0.2, -0.15) is 0 Å². The number of nitrogens with two attached hydrogens (primary N) is 4. The van der Waals surface area contributed by atoms with Gasteiger partial charge in [0.25, 0.3) is 0 Å². The van der Waals surface area contributed by atoms with Crippen LogP contribution in [0.5, 0.6) is 0 Å². The summed E-state index contributed by atoms with van der Waals surface area (Å²) < 4.78 is 0. The molecule has 0 bridgehead atoms. The number of aromatic amines is 1. The van der Waals surface area contributed by atoms with Gasteiger partial charge in [-0.15, -0.1) is 0 Å². The minimum absolute atomic E-state index is 0.0728. The Balaban J connectivity index is 2.09. The first-order valence-corrected chi connectivity index (χ1v) is 11.7. The molecule has 0 spiro atoms. The summed E-state index contributed by atoms with van der Waals surface area (Å²) in [4.78, 5) is 67.1. The van der Waals surface area contributed by atoms with Crippen molar-refractivity contribution in [3.63, 3.8) is 0 Å². The second-order valence-corrected chi connectivity index (χ2v) is 8.53. The minimum atomic E-state index is -1.55. The van der Waals surface area contributed by atoms with E-state index >= 15 is 0 Å². The molecule has 3 atom stereocenters. The lowest BCUT2D eigenvalue weighted by Gasteiger charge is -2.21. The van der Waals surface area contributed by atoms with E-state index in [1.807, 2.05) is 24.3 Å². The topological polar surface area (TPSA) is 274 Å². The summed E-state index contributed by atoms with van der Waals surface area (Å²) in [7, 11) is 0. The van der Waals surface area contributed by atoms with Gasteiger partial charge in [0.1, 0.15) is 12.1 Å². The summed E-state index contributed by atoms with van der Waals surface area (Å²) in [6, 6.07) is 3.78. The molecule has 0 aliphatic carbocycles. The van der Waals surface area contributed by atoms with E-state index in [1.54, 1.807) is 6.20 Å². The van der Waals surface area contributed by atoms with Crippen LogP contribution in [0.15, 0.2) is 35.5 Å². The van der Waals surface area contributed by atoms with Gasteiger partial charge in [0.05, 0.1) is 19.0 Å². The SMILES string of the molecule is NC(=O)CC(NC(=O)CNC(=O)C(Cc1c[nH]c2ccccc12)NC(=O)C(N)CCCN=C(N)N)C(=O)O. The van der Waals surface area contributed by atoms with Gasteiger partial charge in [-0.05, 0) is 24.5 Å². The van der Waals surface area contributed by atoms with Crippen LogP contribution in [0.25, 0.3) is 10.9 Å². The number of amides is 4. The lowest BCUT2D eigenvalue weighted by Crippen LogP contribution is -2.54.